The third-order valence-corrected chi connectivity index (χ3v) is 4.26. The molecule has 1 heteroatoms. The molecule has 0 spiro atoms. The Hall–Kier alpha value is -0.820. The molecule has 0 radical (unpaired) electrons. The van der Waals surface area contributed by atoms with Crippen LogP contribution >= 0.6 is 11.3 Å². The lowest BCUT2D eigenvalue weighted by atomic mass is 9.95. The molecule has 0 amide bonds. The van der Waals surface area contributed by atoms with E-state index >= 15 is 0 Å². The zero-order valence-electron chi connectivity index (χ0n) is 10.2. The van der Waals surface area contributed by atoms with E-state index in [1.54, 1.807) is 5.56 Å². The zero-order chi connectivity index (χ0) is 11.4. The molecule has 0 saturated heterocycles. The number of benzene rings is 1. The Labute approximate surface area is 102 Å². The topological polar surface area (TPSA) is 0 Å². The molecule has 1 aromatic heterocycles. The lowest BCUT2D eigenvalue weighted by Crippen LogP contribution is -1.92. The van der Waals surface area contributed by atoms with E-state index in [0.29, 0.717) is 5.92 Å². The van der Waals surface area contributed by atoms with E-state index in [-0.39, 0.29) is 0 Å². The van der Waals surface area contributed by atoms with Crippen LogP contribution in [-0.2, 0) is 0 Å². The molecule has 1 atom stereocenters. The molecule has 0 fully saturated rings. The van der Waals surface area contributed by atoms with Crippen molar-refractivity contribution >= 4 is 21.4 Å². The Morgan fingerprint density at radius 2 is 2.00 bits per heavy atom. The van der Waals surface area contributed by atoms with Crippen LogP contribution in [0.1, 0.15) is 51.0 Å². The molecule has 0 saturated carbocycles. The third kappa shape index (κ3) is 2.46. The number of hydrogen-bond acceptors (Lipinski definition) is 1. The summed E-state index contributed by atoms with van der Waals surface area (Å²) in [5.74, 6) is 0.711. The molecule has 86 valence electrons. The molecule has 0 aliphatic carbocycles. The van der Waals surface area contributed by atoms with E-state index in [1.807, 2.05) is 11.3 Å². The van der Waals surface area contributed by atoms with E-state index in [4.69, 9.17) is 0 Å². The van der Waals surface area contributed by atoms with Gasteiger partial charge in [-0.05, 0) is 34.7 Å². The molecular weight excluding hydrogens is 212 g/mol. The Morgan fingerprint density at radius 1 is 1.19 bits per heavy atom. The zero-order valence-corrected chi connectivity index (χ0v) is 11.0. The first-order chi connectivity index (χ1) is 7.83. The van der Waals surface area contributed by atoms with Gasteiger partial charge >= 0.3 is 0 Å². The van der Waals surface area contributed by atoms with Crippen molar-refractivity contribution in [1.29, 1.82) is 0 Å². The molecule has 1 aromatic carbocycles. The molecule has 16 heavy (non-hydrogen) atoms. The predicted molar refractivity (Wildman–Crippen MR) is 74.4 cm³/mol. The Bertz CT molecular complexity index is 441. The van der Waals surface area contributed by atoms with Crippen LogP contribution < -0.4 is 0 Å². The van der Waals surface area contributed by atoms with Crippen LogP contribution in [0.4, 0.5) is 0 Å². The minimum absolute atomic E-state index is 0.711. The van der Waals surface area contributed by atoms with E-state index in [1.165, 1.54) is 35.8 Å². The number of thiophene rings is 1. The maximum Gasteiger partial charge on any atom is 0.0345 e. The summed E-state index contributed by atoms with van der Waals surface area (Å²) in [6.45, 7) is 4.63. The number of rotatable bonds is 5. The standard InChI is InChI=1S/C15H20S/c1-3-4-5-8-12(2)14-11-16-15-10-7-6-9-13(14)15/h6-7,9-12H,3-5,8H2,1-2H3. The van der Waals surface area contributed by atoms with Gasteiger partial charge in [-0.3, -0.25) is 0 Å². The molecule has 1 heterocycles. The molecule has 0 aliphatic rings. The Kier molecular flexibility index (Phi) is 4.00. The summed E-state index contributed by atoms with van der Waals surface area (Å²) < 4.78 is 1.43. The van der Waals surface area contributed by atoms with E-state index in [0.717, 1.165) is 0 Å². The maximum atomic E-state index is 2.37. The van der Waals surface area contributed by atoms with E-state index in [9.17, 15) is 0 Å². The fraction of sp³-hybridized carbons (Fsp3) is 0.467. The Morgan fingerprint density at radius 3 is 2.81 bits per heavy atom. The normalized spacial score (nSPS) is 13.1. The number of hydrogen-bond donors (Lipinski definition) is 0. The van der Waals surface area contributed by atoms with Gasteiger partial charge in [-0.15, -0.1) is 11.3 Å². The van der Waals surface area contributed by atoms with Gasteiger partial charge in [-0.2, -0.15) is 0 Å². The van der Waals surface area contributed by atoms with E-state index < -0.39 is 0 Å². The smallest absolute Gasteiger partial charge is 0.0345 e. The molecule has 0 nitrogen and oxygen atoms in total. The number of fused-ring (bicyclic) bond motifs is 1. The van der Waals surface area contributed by atoms with Gasteiger partial charge in [-0.25, -0.2) is 0 Å². The van der Waals surface area contributed by atoms with Crippen LogP contribution in [-0.4, -0.2) is 0 Å². The largest absolute Gasteiger partial charge is 0.144 e. The minimum Gasteiger partial charge on any atom is -0.144 e. The van der Waals surface area contributed by atoms with Crippen LogP contribution in [0.25, 0.3) is 10.1 Å². The van der Waals surface area contributed by atoms with Gasteiger partial charge < -0.3 is 0 Å². The van der Waals surface area contributed by atoms with Crippen LogP contribution in [0.3, 0.4) is 0 Å². The molecular formula is C15H20S. The molecule has 0 aliphatic heterocycles. The second-order valence-corrected chi connectivity index (χ2v) is 5.50. The van der Waals surface area contributed by atoms with Gasteiger partial charge in [0.05, 0.1) is 0 Å². The molecule has 2 aromatic rings. The van der Waals surface area contributed by atoms with Crippen molar-refractivity contribution in [2.24, 2.45) is 0 Å². The van der Waals surface area contributed by atoms with Gasteiger partial charge in [-0.1, -0.05) is 51.3 Å². The summed E-state index contributed by atoms with van der Waals surface area (Å²) >= 11 is 1.88. The minimum atomic E-state index is 0.711. The summed E-state index contributed by atoms with van der Waals surface area (Å²) in [6, 6.07) is 8.77. The SMILES string of the molecule is CCCCCC(C)c1csc2ccccc12. The first-order valence-electron chi connectivity index (χ1n) is 6.29. The molecule has 0 bridgehead atoms. The molecule has 2 rings (SSSR count). The monoisotopic (exact) mass is 232 g/mol. The summed E-state index contributed by atoms with van der Waals surface area (Å²) in [6.07, 6.45) is 5.37. The van der Waals surface area contributed by atoms with Gasteiger partial charge in [0, 0.05) is 4.70 Å². The van der Waals surface area contributed by atoms with Crippen molar-refractivity contribution < 1.29 is 0 Å². The predicted octanol–water partition coefficient (Wildman–Crippen LogP) is 5.59. The van der Waals surface area contributed by atoms with Crippen LogP contribution in [0.15, 0.2) is 29.6 Å². The highest BCUT2D eigenvalue weighted by atomic mass is 32.1. The lowest BCUT2D eigenvalue weighted by molar-refractivity contribution is 0.601. The van der Waals surface area contributed by atoms with Crippen LogP contribution in [0.2, 0.25) is 0 Å². The van der Waals surface area contributed by atoms with Crippen molar-refractivity contribution in [3.05, 3.63) is 35.2 Å². The average molecular weight is 232 g/mol. The van der Waals surface area contributed by atoms with Crippen LogP contribution in [0.5, 0.6) is 0 Å². The van der Waals surface area contributed by atoms with Gasteiger partial charge in [0.15, 0.2) is 0 Å². The van der Waals surface area contributed by atoms with Gasteiger partial charge in [0.1, 0.15) is 0 Å². The summed E-state index contributed by atoms with van der Waals surface area (Å²) in [5, 5.41) is 3.82. The highest BCUT2D eigenvalue weighted by Gasteiger charge is 2.10. The first-order valence-corrected chi connectivity index (χ1v) is 7.17. The van der Waals surface area contributed by atoms with Gasteiger partial charge in [0.25, 0.3) is 0 Å². The second-order valence-electron chi connectivity index (χ2n) is 4.58. The molecule has 0 N–H and O–H groups in total. The molecule has 1 unspecified atom stereocenters. The van der Waals surface area contributed by atoms with Crippen molar-refractivity contribution in [2.45, 2.75) is 45.4 Å². The Balaban J connectivity index is 2.13. The lowest BCUT2D eigenvalue weighted by Gasteiger charge is -2.10. The first kappa shape index (κ1) is 11.7. The highest BCUT2D eigenvalue weighted by molar-refractivity contribution is 7.17. The summed E-state index contributed by atoms with van der Waals surface area (Å²) in [7, 11) is 0. The fourth-order valence-electron chi connectivity index (χ4n) is 2.24. The summed E-state index contributed by atoms with van der Waals surface area (Å²) in [5.41, 5.74) is 1.55. The average Bonchev–Trinajstić information content (AvgIpc) is 2.73. The highest BCUT2D eigenvalue weighted by Crippen LogP contribution is 2.33. The quantitative estimate of drug-likeness (QED) is 0.590. The second kappa shape index (κ2) is 5.49. The van der Waals surface area contributed by atoms with Crippen molar-refractivity contribution in [3.8, 4) is 0 Å². The summed E-state index contributed by atoms with van der Waals surface area (Å²) in [4.78, 5) is 0. The van der Waals surface area contributed by atoms with Gasteiger partial charge in [0.2, 0.25) is 0 Å². The fourth-order valence-corrected chi connectivity index (χ4v) is 3.32. The van der Waals surface area contributed by atoms with Crippen molar-refractivity contribution in [2.75, 3.05) is 0 Å². The van der Waals surface area contributed by atoms with E-state index in [2.05, 4.69) is 43.5 Å². The maximum absolute atomic E-state index is 2.37. The van der Waals surface area contributed by atoms with Crippen molar-refractivity contribution in [3.63, 3.8) is 0 Å². The van der Waals surface area contributed by atoms with Crippen molar-refractivity contribution in [1.82, 2.24) is 0 Å². The third-order valence-electron chi connectivity index (χ3n) is 3.28. The van der Waals surface area contributed by atoms with Crippen LogP contribution in [0, 0.1) is 0 Å². The number of unbranched alkanes of at least 4 members (excludes halogenated alkanes) is 2.